The monoisotopic (exact) mass is 361 g/mol. The highest BCUT2D eigenvalue weighted by Crippen LogP contribution is 2.24. The van der Waals surface area contributed by atoms with Crippen molar-refractivity contribution in [3.63, 3.8) is 0 Å². The molecule has 0 fully saturated rings. The SMILES string of the molecule is CCNC(=NCc1ncc(C)c(OC)c1C)NCc1nc(C)c(C)s1. The van der Waals surface area contributed by atoms with Crippen LogP contribution in [-0.4, -0.2) is 29.6 Å². The first kappa shape index (κ1) is 19.2. The van der Waals surface area contributed by atoms with E-state index < -0.39 is 0 Å². The van der Waals surface area contributed by atoms with Crippen LogP contribution < -0.4 is 15.4 Å². The summed E-state index contributed by atoms with van der Waals surface area (Å²) in [6.45, 7) is 12.1. The number of aromatic nitrogens is 2. The molecular weight excluding hydrogens is 334 g/mol. The molecule has 25 heavy (non-hydrogen) atoms. The maximum absolute atomic E-state index is 5.46. The van der Waals surface area contributed by atoms with E-state index in [2.05, 4.69) is 32.5 Å². The first-order valence-corrected chi connectivity index (χ1v) is 9.22. The third-order valence-electron chi connectivity index (χ3n) is 3.96. The fourth-order valence-corrected chi connectivity index (χ4v) is 3.37. The lowest BCUT2D eigenvalue weighted by Gasteiger charge is -2.13. The lowest BCUT2D eigenvalue weighted by molar-refractivity contribution is 0.407. The predicted molar refractivity (Wildman–Crippen MR) is 104 cm³/mol. The van der Waals surface area contributed by atoms with Gasteiger partial charge in [0, 0.05) is 28.7 Å². The van der Waals surface area contributed by atoms with Crippen LogP contribution in [0.3, 0.4) is 0 Å². The molecule has 0 aliphatic carbocycles. The molecule has 7 heteroatoms. The average Bonchev–Trinajstić information content (AvgIpc) is 2.90. The minimum absolute atomic E-state index is 0.494. The molecule has 136 valence electrons. The summed E-state index contributed by atoms with van der Waals surface area (Å²) in [5, 5.41) is 7.66. The van der Waals surface area contributed by atoms with Gasteiger partial charge in [-0.1, -0.05) is 0 Å². The normalized spacial score (nSPS) is 11.5. The largest absolute Gasteiger partial charge is 0.496 e. The maximum Gasteiger partial charge on any atom is 0.191 e. The molecule has 0 unspecified atom stereocenters. The standard InChI is InChI=1S/C18H27N5OS/c1-7-19-18(22-10-16-23-13(4)14(5)25-16)21-9-15-12(3)17(24-6)11(2)8-20-15/h8H,7,9-10H2,1-6H3,(H2,19,21,22). The van der Waals surface area contributed by atoms with Crippen molar-refractivity contribution in [2.24, 2.45) is 4.99 Å². The van der Waals surface area contributed by atoms with E-state index >= 15 is 0 Å². The molecule has 0 bridgehead atoms. The van der Waals surface area contributed by atoms with Gasteiger partial charge >= 0.3 is 0 Å². The highest BCUT2D eigenvalue weighted by Gasteiger charge is 2.10. The van der Waals surface area contributed by atoms with Crippen molar-refractivity contribution >= 4 is 17.3 Å². The van der Waals surface area contributed by atoms with Crippen LogP contribution >= 0.6 is 11.3 Å². The first-order valence-electron chi connectivity index (χ1n) is 8.40. The summed E-state index contributed by atoms with van der Waals surface area (Å²) < 4.78 is 5.46. The lowest BCUT2D eigenvalue weighted by atomic mass is 10.1. The van der Waals surface area contributed by atoms with Crippen molar-refractivity contribution < 1.29 is 4.74 Å². The zero-order chi connectivity index (χ0) is 18.4. The number of guanidine groups is 1. The molecule has 6 nitrogen and oxygen atoms in total. The number of pyridine rings is 1. The number of thiazole rings is 1. The van der Waals surface area contributed by atoms with Gasteiger partial charge in [0.2, 0.25) is 0 Å². The topological polar surface area (TPSA) is 71.4 Å². The Balaban J connectivity index is 2.09. The molecule has 0 atom stereocenters. The molecule has 0 saturated heterocycles. The van der Waals surface area contributed by atoms with Crippen molar-refractivity contribution in [1.29, 1.82) is 0 Å². The van der Waals surface area contributed by atoms with Crippen LogP contribution in [0.15, 0.2) is 11.2 Å². The Hall–Kier alpha value is -2.15. The van der Waals surface area contributed by atoms with E-state index in [4.69, 9.17) is 4.74 Å². The van der Waals surface area contributed by atoms with Gasteiger partial charge in [-0.05, 0) is 34.6 Å². The summed E-state index contributed by atoms with van der Waals surface area (Å²) in [7, 11) is 1.69. The van der Waals surface area contributed by atoms with Crippen LogP contribution in [0.25, 0.3) is 0 Å². The molecule has 0 aliphatic heterocycles. The van der Waals surface area contributed by atoms with Crippen molar-refractivity contribution in [3.05, 3.63) is 38.6 Å². The number of ether oxygens (including phenoxy) is 1. The third-order valence-corrected chi connectivity index (χ3v) is 5.03. The molecule has 2 aromatic rings. The molecule has 0 radical (unpaired) electrons. The predicted octanol–water partition coefficient (Wildman–Crippen LogP) is 3.04. The summed E-state index contributed by atoms with van der Waals surface area (Å²) in [5.74, 6) is 1.64. The van der Waals surface area contributed by atoms with Crippen LogP contribution in [-0.2, 0) is 13.1 Å². The summed E-state index contributed by atoms with van der Waals surface area (Å²) in [6, 6.07) is 0. The Morgan fingerprint density at radius 1 is 1.24 bits per heavy atom. The van der Waals surface area contributed by atoms with Crippen molar-refractivity contribution in [1.82, 2.24) is 20.6 Å². The minimum Gasteiger partial charge on any atom is -0.496 e. The maximum atomic E-state index is 5.46. The van der Waals surface area contributed by atoms with Gasteiger partial charge in [0.1, 0.15) is 10.8 Å². The van der Waals surface area contributed by atoms with Crippen LogP contribution in [0.4, 0.5) is 0 Å². The number of aliphatic imine (C=N–C) groups is 1. The molecule has 2 rings (SSSR count). The molecule has 2 aromatic heterocycles. The van der Waals surface area contributed by atoms with Crippen LogP contribution in [0.1, 0.15) is 39.3 Å². The van der Waals surface area contributed by atoms with E-state index in [0.717, 1.165) is 45.8 Å². The molecule has 2 N–H and O–H groups in total. The van der Waals surface area contributed by atoms with Gasteiger partial charge in [-0.15, -0.1) is 11.3 Å². The van der Waals surface area contributed by atoms with E-state index in [0.29, 0.717) is 13.1 Å². The summed E-state index contributed by atoms with van der Waals surface area (Å²) in [4.78, 5) is 15.0. The van der Waals surface area contributed by atoms with Gasteiger partial charge in [-0.3, -0.25) is 4.98 Å². The van der Waals surface area contributed by atoms with Crippen LogP contribution in [0.5, 0.6) is 5.75 Å². The summed E-state index contributed by atoms with van der Waals surface area (Å²) >= 11 is 1.71. The second-order valence-corrected chi connectivity index (χ2v) is 7.13. The fraction of sp³-hybridized carbons (Fsp3) is 0.500. The number of methoxy groups -OCH3 is 1. The van der Waals surface area contributed by atoms with Gasteiger partial charge in [0.25, 0.3) is 0 Å². The van der Waals surface area contributed by atoms with Crippen molar-refractivity contribution in [2.75, 3.05) is 13.7 Å². The summed E-state index contributed by atoms with van der Waals surface area (Å²) in [5.41, 5.74) is 4.08. The number of hydrogen-bond donors (Lipinski definition) is 2. The molecule has 0 saturated carbocycles. The van der Waals surface area contributed by atoms with E-state index in [1.807, 2.05) is 33.9 Å². The highest BCUT2D eigenvalue weighted by molar-refractivity contribution is 7.11. The fourth-order valence-electron chi connectivity index (χ4n) is 2.50. The number of hydrogen-bond acceptors (Lipinski definition) is 5. The van der Waals surface area contributed by atoms with E-state index in [1.165, 1.54) is 4.88 Å². The molecule has 0 spiro atoms. The van der Waals surface area contributed by atoms with Crippen LogP contribution in [0, 0.1) is 27.7 Å². The number of rotatable bonds is 6. The van der Waals surface area contributed by atoms with Gasteiger partial charge < -0.3 is 15.4 Å². The van der Waals surface area contributed by atoms with Gasteiger partial charge in [-0.25, -0.2) is 9.98 Å². The smallest absolute Gasteiger partial charge is 0.191 e. The molecule has 2 heterocycles. The van der Waals surface area contributed by atoms with Gasteiger partial charge in [0.05, 0.1) is 31.6 Å². The minimum atomic E-state index is 0.494. The zero-order valence-corrected chi connectivity index (χ0v) is 16.7. The Labute approximate surface area is 153 Å². The summed E-state index contributed by atoms with van der Waals surface area (Å²) in [6.07, 6.45) is 1.83. The Morgan fingerprint density at radius 2 is 2.00 bits per heavy atom. The van der Waals surface area contributed by atoms with E-state index in [1.54, 1.807) is 18.4 Å². The van der Waals surface area contributed by atoms with Crippen molar-refractivity contribution in [2.45, 2.75) is 47.7 Å². The molecule has 0 aliphatic rings. The second kappa shape index (κ2) is 8.80. The van der Waals surface area contributed by atoms with Crippen molar-refractivity contribution in [3.8, 4) is 5.75 Å². The average molecular weight is 362 g/mol. The van der Waals surface area contributed by atoms with E-state index in [9.17, 15) is 0 Å². The Bertz CT molecular complexity index is 735. The molecule has 0 amide bonds. The third kappa shape index (κ3) is 4.92. The lowest BCUT2D eigenvalue weighted by Crippen LogP contribution is -2.36. The van der Waals surface area contributed by atoms with Crippen LogP contribution in [0.2, 0.25) is 0 Å². The Kier molecular flexibility index (Phi) is 6.75. The number of nitrogens with one attached hydrogen (secondary N) is 2. The molecule has 0 aromatic carbocycles. The zero-order valence-electron chi connectivity index (χ0n) is 15.9. The first-order chi connectivity index (χ1) is 12.0. The molecular formula is C18H27N5OS. The van der Waals surface area contributed by atoms with Gasteiger partial charge in [-0.2, -0.15) is 0 Å². The quantitative estimate of drug-likeness (QED) is 0.611. The highest BCUT2D eigenvalue weighted by atomic mass is 32.1. The second-order valence-electron chi connectivity index (χ2n) is 5.84. The number of aryl methyl sites for hydroxylation is 3. The number of nitrogens with zero attached hydrogens (tertiary/aromatic N) is 3. The van der Waals surface area contributed by atoms with E-state index in [-0.39, 0.29) is 0 Å². The Morgan fingerprint density at radius 3 is 2.60 bits per heavy atom. The van der Waals surface area contributed by atoms with Gasteiger partial charge in [0.15, 0.2) is 5.96 Å².